The van der Waals surface area contributed by atoms with Crippen LogP contribution in [0.5, 0.6) is 0 Å². The van der Waals surface area contributed by atoms with Crippen molar-refractivity contribution in [3.8, 4) is 0 Å². The number of aliphatic hydroxyl groups is 1. The lowest BCUT2D eigenvalue weighted by molar-refractivity contribution is -0.136. The number of aromatic amines is 1. The number of aryl methyl sites for hydroxylation is 1. The molecule has 0 saturated carbocycles. The number of rotatable bonds is 1. The average molecular weight is 284 g/mol. The monoisotopic (exact) mass is 284 g/mol. The van der Waals surface area contributed by atoms with Crippen molar-refractivity contribution < 1.29 is 18.3 Å². The van der Waals surface area contributed by atoms with Gasteiger partial charge in [0.05, 0.1) is 17.7 Å². The number of hydrogen-bond donors (Lipinski definition) is 3. The summed E-state index contributed by atoms with van der Waals surface area (Å²) in [6.45, 7) is -0.169. The summed E-state index contributed by atoms with van der Waals surface area (Å²) in [7, 11) is 0. The van der Waals surface area contributed by atoms with Crippen molar-refractivity contribution in [3.05, 3.63) is 35.0 Å². The second kappa shape index (κ2) is 4.23. The normalized spacial score (nSPS) is 23.1. The van der Waals surface area contributed by atoms with Crippen LogP contribution >= 0.6 is 0 Å². The molecular weight excluding hydrogens is 269 g/mol. The number of H-pyrrole nitrogens is 1. The summed E-state index contributed by atoms with van der Waals surface area (Å²) in [5.74, 6) is 0. The second-order valence-corrected chi connectivity index (χ2v) is 5.51. The van der Waals surface area contributed by atoms with E-state index in [4.69, 9.17) is 5.73 Å². The van der Waals surface area contributed by atoms with Crippen molar-refractivity contribution >= 4 is 10.9 Å². The van der Waals surface area contributed by atoms with Crippen molar-refractivity contribution in [3.63, 3.8) is 0 Å². The molecule has 3 rings (SSSR count). The maximum Gasteiger partial charge on any atom is 0.418 e. The van der Waals surface area contributed by atoms with Gasteiger partial charge in [0, 0.05) is 16.6 Å². The molecule has 1 aromatic heterocycles. The molecule has 6 heteroatoms. The van der Waals surface area contributed by atoms with Gasteiger partial charge in [0.15, 0.2) is 0 Å². The number of halogens is 3. The third-order valence-electron chi connectivity index (χ3n) is 4.05. The lowest BCUT2D eigenvalue weighted by atomic mass is 9.81. The fraction of sp³-hybridized carbons (Fsp3) is 0.429. The van der Waals surface area contributed by atoms with E-state index < -0.39 is 17.3 Å². The number of hydrogen-bond acceptors (Lipinski definition) is 2. The Morgan fingerprint density at radius 3 is 2.75 bits per heavy atom. The zero-order chi connectivity index (χ0) is 14.5. The minimum absolute atomic E-state index is 0.118. The molecule has 0 amide bonds. The molecule has 1 aliphatic carbocycles. The first-order chi connectivity index (χ1) is 9.34. The minimum Gasteiger partial charge on any atom is -0.394 e. The average Bonchev–Trinajstić information content (AvgIpc) is 2.75. The number of nitrogens with two attached hydrogens (primary N) is 1. The van der Waals surface area contributed by atoms with Gasteiger partial charge in [0.25, 0.3) is 0 Å². The van der Waals surface area contributed by atoms with Crippen molar-refractivity contribution in [2.45, 2.75) is 31.0 Å². The number of nitrogens with one attached hydrogen (secondary N) is 1. The van der Waals surface area contributed by atoms with Crippen LogP contribution in [-0.2, 0) is 19.0 Å². The van der Waals surface area contributed by atoms with E-state index in [1.165, 1.54) is 6.07 Å². The van der Waals surface area contributed by atoms with E-state index in [1.807, 2.05) is 0 Å². The fourth-order valence-corrected chi connectivity index (χ4v) is 2.93. The van der Waals surface area contributed by atoms with Gasteiger partial charge in [-0.1, -0.05) is 12.1 Å². The molecule has 1 aliphatic rings. The van der Waals surface area contributed by atoms with E-state index in [2.05, 4.69) is 4.98 Å². The molecule has 0 spiro atoms. The first-order valence-corrected chi connectivity index (χ1v) is 6.43. The molecule has 0 aliphatic heterocycles. The minimum atomic E-state index is -4.39. The van der Waals surface area contributed by atoms with Crippen molar-refractivity contribution in [1.29, 1.82) is 0 Å². The molecular formula is C14H15F3N2O. The van der Waals surface area contributed by atoms with Gasteiger partial charge < -0.3 is 15.8 Å². The topological polar surface area (TPSA) is 62.0 Å². The predicted molar refractivity (Wildman–Crippen MR) is 69.3 cm³/mol. The van der Waals surface area contributed by atoms with E-state index in [1.54, 1.807) is 6.07 Å². The Bertz CT molecular complexity index is 662. The molecule has 0 saturated heterocycles. The Morgan fingerprint density at radius 1 is 1.35 bits per heavy atom. The van der Waals surface area contributed by atoms with Gasteiger partial charge in [0.1, 0.15) is 0 Å². The Hall–Kier alpha value is -1.53. The van der Waals surface area contributed by atoms with E-state index in [0.29, 0.717) is 24.6 Å². The molecule has 3 nitrogen and oxygen atoms in total. The number of aliphatic hydroxyl groups excluding tert-OH is 1. The summed E-state index contributed by atoms with van der Waals surface area (Å²) in [5.41, 5.74) is 6.38. The van der Waals surface area contributed by atoms with E-state index in [-0.39, 0.29) is 12.1 Å². The zero-order valence-electron chi connectivity index (χ0n) is 10.7. The Balaban J connectivity index is 2.20. The van der Waals surface area contributed by atoms with E-state index in [9.17, 15) is 18.3 Å². The maximum atomic E-state index is 13.0. The van der Waals surface area contributed by atoms with Crippen LogP contribution in [0.25, 0.3) is 10.9 Å². The summed E-state index contributed by atoms with van der Waals surface area (Å²) >= 11 is 0. The summed E-state index contributed by atoms with van der Waals surface area (Å²) in [6, 6.07) is 4.15. The standard InChI is InChI=1S/C14H15F3N2O/c15-14(16,17)10-3-1-2-8-9-6-13(18,7-20)5-4-11(9)19-12(8)10/h1-3,19-20H,4-7,18H2. The summed E-state index contributed by atoms with van der Waals surface area (Å²) in [4.78, 5) is 2.90. The van der Waals surface area contributed by atoms with Crippen molar-refractivity contribution in [2.24, 2.45) is 5.73 Å². The molecule has 0 radical (unpaired) electrons. The van der Waals surface area contributed by atoms with Crippen LogP contribution in [0.15, 0.2) is 18.2 Å². The van der Waals surface area contributed by atoms with E-state index in [0.717, 1.165) is 17.3 Å². The van der Waals surface area contributed by atoms with Crippen LogP contribution in [0.2, 0.25) is 0 Å². The highest BCUT2D eigenvalue weighted by Gasteiger charge is 2.36. The second-order valence-electron chi connectivity index (χ2n) is 5.51. The smallest absolute Gasteiger partial charge is 0.394 e. The van der Waals surface area contributed by atoms with Crippen LogP contribution in [0.1, 0.15) is 23.2 Å². The van der Waals surface area contributed by atoms with Gasteiger partial charge >= 0.3 is 6.18 Å². The number of para-hydroxylation sites is 1. The molecule has 0 fully saturated rings. The quantitative estimate of drug-likeness (QED) is 0.753. The molecule has 20 heavy (non-hydrogen) atoms. The highest BCUT2D eigenvalue weighted by atomic mass is 19.4. The van der Waals surface area contributed by atoms with Gasteiger partial charge in [-0.25, -0.2) is 0 Å². The zero-order valence-corrected chi connectivity index (χ0v) is 10.7. The van der Waals surface area contributed by atoms with Gasteiger partial charge in [-0.3, -0.25) is 0 Å². The van der Waals surface area contributed by atoms with Gasteiger partial charge in [-0.15, -0.1) is 0 Å². The third-order valence-corrected chi connectivity index (χ3v) is 4.05. The lowest BCUT2D eigenvalue weighted by Crippen LogP contribution is -2.48. The largest absolute Gasteiger partial charge is 0.418 e. The molecule has 1 atom stereocenters. The van der Waals surface area contributed by atoms with Gasteiger partial charge in [-0.2, -0.15) is 13.2 Å². The Kier molecular flexibility index (Phi) is 2.85. The Morgan fingerprint density at radius 2 is 2.10 bits per heavy atom. The molecule has 2 aromatic rings. The van der Waals surface area contributed by atoms with Crippen LogP contribution in [-0.4, -0.2) is 22.2 Å². The Labute approximate surface area is 113 Å². The van der Waals surface area contributed by atoms with Crippen LogP contribution in [0.4, 0.5) is 13.2 Å². The van der Waals surface area contributed by atoms with E-state index >= 15 is 0 Å². The van der Waals surface area contributed by atoms with Crippen molar-refractivity contribution in [2.75, 3.05) is 6.61 Å². The molecule has 108 valence electrons. The summed E-state index contributed by atoms with van der Waals surface area (Å²) in [6.07, 6.45) is -2.88. The molecule has 4 N–H and O–H groups in total. The first-order valence-electron chi connectivity index (χ1n) is 6.43. The van der Waals surface area contributed by atoms with Crippen LogP contribution in [0, 0.1) is 0 Å². The number of alkyl halides is 3. The number of fused-ring (bicyclic) bond motifs is 3. The lowest BCUT2D eigenvalue weighted by Gasteiger charge is -2.31. The van der Waals surface area contributed by atoms with Crippen molar-refractivity contribution in [1.82, 2.24) is 4.98 Å². The highest BCUT2D eigenvalue weighted by Crippen LogP contribution is 2.39. The predicted octanol–water partition coefficient (Wildman–Crippen LogP) is 2.37. The van der Waals surface area contributed by atoms with Crippen LogP contribution in [0.3, 0.4) is 0 Å². The number of aromatic nitrogens is 1. The molecule has 0 bridgehead atoms. The fourth-order valence-electron chi connectivity index (χ4n) is 2.93. The molecule has 1 aromatic carbocycles. The molecule has 1 unspecified atom stereocenters. The third kappa shape index (κ3) is 1.99. The van der Waals surface area contributed by atoms with Gasteiger partial charge in [0.2, 0.25) is 0 Å². The highest BCUT2D eigenvalue weighted by molar-refractivity contribution is 5.88. The SMILES string of the molecule is NC1(CO)CCc2[nH]c3c(C(F)(F)F)cccc3c2C1. The van der Waals surface area contributed by atoms with Gasteiger partial charge in [-0.05, 0) is 30.9 Å². The maximum absolute atomic E-state index is 13.0. The number of benzene rings is 1. The summed E-state index contributed by atoms with van der Waals surface area (Å²) < 4.78 is 39.0. The molecule has 1 heterocycles. The van der Waals surface area contributed by atoms with Crippen LogP contribution < -0.4 is 5.73 Å². The summed E-state index contributed by atoms with van der Waals surface area (Å²) in [5, 5.41) is 9.91. The first kappa shape index (κ1) is 13.5.